The van der Waals surface area contributed by atoms with Gasteiger partial charge < -0.3 is 15.5 Å². The molecule has 3 N–H and O–H groups in total. The van der Waals surface area contributed by atoms with Gasteiger partial charge in [0.1, 0.15) is 11.6 Å². The Morgan fingerprint density at radius 3 is 2.53 bits per heavy atom. The zero-order chi connectivity index (χ0) is 14.1. The standard InChI is InChI=1S/C13H19F2NO2S/c14-10-3-1-4-11(15)13(10)12(18)9-16-5-8-19-7-2-6-17/h1,3-4,12,16-18H,2,5-9H2. The number of hydrogen-bond acceptors (Lipinski definition) is 4. The van der Waals surface area contributed by atoms with E-state index in [2.05, 4.69) is 5.32 Å². The molecule has 19 heavy (non-hydrogen) atoms. The van der Waals surface area contributed by atoms with Crippen LogP contribution in [-0.2, 0) is 0 Å². The maximum Gasteiger partial charge on any atom is 0.131 e. The smallest absolute Gasteiger partial charge is 0.131 e. The van der Waals surface area contributed by atoms with E-state index in [1.165, 1.54) is 6.07 Å². The molecule has 0 aromatic heterocycles. The lowest BCUT2D eigenvalue weighted by atomic mass is 10.1. The molecule has 0 radical (unpaired) electrons. The van der Waals surface area contributed by atoms with Gasteiger partial charge in [0.15, 0.2) is 0 Å². The number of aliphatic hydroxyl groups is 2. The average Bonchev–Trinajstić information content (AvgIpc) is 2.37. The Kier molecular flexibility index (Phi) is 7.97. The molecule has 1 unspecified atom stereocenters. The lowest BCUT2D eigenvalue weighted by molar-refractivity contribution is 0.166. The van der Waals surface area contributed by atoms with Crippen LogP contribution in [-0.4, -0.2) is 41.4 Å². The van der Waals surface area contributed by atoms with E-state index in [-0.39, 0.29) is 18.7 Å². The second-order valence-corrected chi connectivity index (χ2v) is 5.27. The van der Waals surface area contributed by atoms with Crippen molar-refractivity contribution in [1.82, 2.24) is 5.32 Å². The Morgan fingerprint density at radius 1 is 1.21 bits per heavy atom. The second-order valence-electron chi connectivity index (χ2n) is 4.04. The van der Waals surface area contributed by atoms with E-state index in [1.54, 1.807) is 11.8 Å². The SMILES string of the molecule is OCCCSCCNCC(O)c1c(F)cccc1F. The summed E-state index contributed by atoms with van der Waals surface area (Å²) in [6.45, 7) is 0.938. The molecule has 3 nitrogen and oxygen atoms in total. The van der Waals surface area contributed by atoms with Gasteiger partial charge in [-0.25, -0.2) is 8.78 Å². The summed E-state index contributed by atoms with van der Waals surface area (Å²) in [5.74, 6) is 0.244. The molecule has 1 aromatic rings. The van der Waals surface area contributed by atoms with Crippen LogP contribution in [0.5, 0.6) is 0 Å². The summed E-state index contributed by atoms with van der Waals surface area (Å²) in [6.07, 6.45) is -0.433. The molecule has 0 saturated carbocycles. The second kappa shape index (κ2) is 9.25. The van der Waals surface area contributed by atoms with Crippen LogP contribution in [0.3, 0.4) is 0 Å². The van der Waals surface area contributed by atoms with Crippen LogP contribution >= 0.6 is 11.8 Å². The van der Waals surface area contributed by atoms with E-state index in [1.807, 2.05) is 0 Å². The van der Waals surface area contributed by atoms with Gasteiger partial charge in [0.25, 0.3) is 0 Å². The fourth-order valence-corrected chi connectivity index (χ4v) is 2.41. The van der Waals surface area contributed by atoms with Crippen LogP contribution in [0.2, 0.25) is 0 Å². The Bertz CT molecular complexity index is 359. The highest BCUT2D eigenvalue weighted by Gasteiger charge is 2.16. The number of nitrogens with one attached hydrogen (secondary N) is 1. The van der Waals surface area contributed by atoms with Crippen molar-refractivity contribution in [2.75, 3.05) is 31.2 Å². The third-order valence-electron chi connectivity index (χ3n) is 2.54. The van der Waals surface area contributed by atoms with E-state index < -0.39 is 17.7 Å². The number of halogens is 2. The Hall–Kier alpha value is -0.690. The highest BCUT2D eigenvalue weighted by molar-refractivity contribution is 7.99. The van der Waals surface area contributed by atoms with Crippen molar-refractivity contribution in [3.8, 4) is 0 Å². The predicted octanol–water partition coefficient (Wildman–Crippen LogP) is 1.70. The van der Waals surface area contributed by atoms with Gasteiger partial charge >= 0.3 is 0 Å². The molecular weight excluding hydrogens is 272 g/mol. The van der Waals surface area contributed by atoms with Crippen LogP contribution in [0.1, 0.15) is 18.1 Å². The highest BCUT2D eigenvalue weighted by atomic mass is 32.2. The van der Waals surface area contributed by atoms with Crippen molar-refractivity contribution in [1.29, 1.82) is 0 Å². The van der Waals surface area contributed by atoms with Crippen molar-refractivity contribution < 1.29 is 19.0 Å². The minimum absolute atomic E-state index is 0.110. The van der Waals surface area contributed by atoms with Gasteiger partial charge in [0.2, 0.25) is 0 Å². The minimum Gasteiger partial charge on any atom is -0.396 e. The van der Waals surface area contributed by atoms with E-state index in [0.29, 0.717) is 6.54 Å². The van der Waals surface area contributed by atoms with Gasteiger partial charge in [-0.3, -0.25) is 0 Å². The fourth-order valence-electron chi connectivity index (χ4n) is 1.58. The monoisotopic (exact) mass is 291 g/mol. The number of aliphatic hydroxyl groups excluding tert-OH is 2. The number of benzene rings is 1. The van der Waals surface area contributed by atoms with Crippen LogP contribution in [0.4, 0.5) is 8.78 Å². The van der Waals surface area contributed by atoms with Gasteiger partial charge in [0.05, 0.1) is 11.7 Å². The lowest BCUT2D eigenvalue weighted by Crippen LogP contribution is -2.25. The molecule has 0 aliphatic rings. The van der Waals surface area contributed by atoms with Gasteiger partial charge in [-0.15, -0.1) is 0 Å². The first kappa shape index (κ1) is 16.4. The highest BCUT2D eigenvalue weighted by Crippen LogP contribution is 2.19. The topological polar surface area (TPSA) is 52.5 Å². The van der Waals surface area contributed by atoms with Crippen LogP contribution in [0, 0.1) is 11.6 Å². The summed E-state index contributed by atoms with van der Waals surface area (Å²) in [5, 5.41) is 21.3. The van der Waals surface area contributed by atoms with Crippen LogP contribution in [0.15, 0.2) is 18.2 Å². The molecule has 0 heterocycles. The maximum atomic E-state index is 13.4. The first-order valence-corrected chi connectivity index (χ1v) is 7.33. The summed E-state index contributed by atoms with van der Waals surface area (Å²) >= 11 is 1.68. The quantitative estimate of drug-likeness (QED) is 0.606. The molecule has 0 fully saturated rings. The van der Waals surface area contributed by atoms with Crippen LogP contribution in [0.25, 0.3) is 0 Å². The molecular formula is C13H19F2NO2S. The molecule has 0 aliphatic heterocycles. The van der Waals surface area contributed by atoms with Crippen molar-refractivity contribution in [2.24, 2.45) is 0 Å². The number of thioether (sulfide) groups is 1. The predicted molar refractivity (Wildman–Crippen MR) is 73.2 cm³/mol. The summed E-state index contributed by atoms with van der Waals surface area (Å²) in [7, 11) is 0. The molecule has 1 atom stereocenters. The summed E-state index contributed by atoms with van der Waals surface area (Å²) in [4.78, 5) is 0. The molecule has 0 spiro atoms. The summed E-state index contributed by atoms with van der Waals surface area (Å²) in [5.41, 5.74) is -0.289. The summed E-state index contributed by atoms with van der Waals surface area (Å²) in [6, 6.07) is 3.53. The first-order chi connectivity index (χ1) is 9.16. The van der Waals surface area contributed by atoms with Crippen molar-refractivity contribution in [3.05, 3.63) is 35.4 Å². The number of rotatable bonds is 9. The molecule has 108 valence electrons. The van der Waals surface area contributed by atoms with Crippen molar-refractivity contribution >= 4 is 11.8 Å². The molecule has 0 saturated heterocycles. The normalized spacial score (nSPS) is 12.6. The molecule has 1 rings (SSSR count). The van der Waals surface area contributed by atoms with E-state index >= 15 is 0 Å². The van der Waals surface area contributed by atoms with E-state index in [0.717, 1.165) is 30.1 Å². The van der Waals surface area contributed by atoms with E-state index in [4.69, 9.17) is 5.11 Å². The van der Waals surface area contributed by atoms with Gasteiger partial charge in [-0.1, -0.05) is 6.07 Å². The molecule has 1 aromatic carbocycles. The van der Waals surface area contributed by atoms with Gasteiger partial charge in [-0.05, 0) is 24.3 Å². The Balaban J connectivity index is 2.26. The average molecular weight is 291 g/mol. The Morgan fingerprint density at radius 2 is 1.89 bits per heavy atom. The van der Waals surface area contributed by atoms with Crippen molar-refractivity contribution in [3.63, 3.8) is 0 Å². The molecule has 0 aliphatic carbocycles. The maximum absolute atomic E-state index is 13.4. The first-order valence-electron chi connectivity index (χ1n) is 6.18. The van der Waals surface area contributed by atoms with E-state index in [9.17, 15) is 13.9 Å². The van der Waals surface area contributed by atoms with Crippen LogP contribution < -0.4 is 5.32 Å². The van der Waals surface area contributed by atoms with Crippen molar-refractivity contribution in [2.45, 2.75) is 12.5 Å². The largest absolute Gasteiger partial charge is 0.396 e. The minimum atomic E-state index is -1.19. The summed E-state index contributed by atoms with van der Waals surface area (Å²) < 4.78 is 26.7. The molecule has 6 heteroatoms. The lowest BCUT2D eigenvalue weighted by Gasteiger charge is -2.13. The fraction of sp³-hybridized carbons (Fsp3) is 0.538. The van der Waals surface area contributed by atoms with Gasteiger partial charge in [0, 0.05) is 25.4 Å². The zero-order valence-corrected chi connectivity index (χ0v) is 11.4. The molecule has 0 amide bonds. The molecule has 0 bridgehead atoms. The number of hydrogen-bond donors (Lipinski definition) is 3. The van der Waals surface area contributed by atoms with Gasteiger partial charge in [-0.2, -0.15) is 11.8 Å². The third kappa shape index (κ3) is 5.86. The zero-order valence-electron chi connectivity index (χ0n) is 10.6. The third-order valence-corrected chi connectivity index (χ3v) is 3.61. The Labute approximate surface area is 116 Å².